The van der Waals surface area contributed by atoms with E-state index in [1.54, 1.807) is 0 Å². The Labute approximate surface area is 105 Å². The second-order valence-electron chi connectivity index (χ2n) is 6.12. The molecule has 0 nitrogen and oxygen atoms in total. The van der Waals surface area contributed by atoms with Crippen LogP contribution >= 0.6 is 20.8 Å². The summed E-state index contributed by atoms with van der Waals surface area (Å²) in [5.41, 5.74) is 0. The van der Waals surface area contributed by atoms with E-state index in [0.717, 1.165) is 0 Å². The van der Waals surface area contributed by atoms with Gasteiger partial charge in [0.25, 0.3) is 0 Å². The molecule has 0 atom stereocenters. The minimum absolute atomic E-state index is 1.36. The Kier molecular flexibility index (Phi) is 7.72. The van der Waals surface area contributed by atoms with Gasteiger partial charge >= 0.3 is 105 Å². The van der Waals surface area contributed by atoms with Crippen LogP contribution in [0.1, 0.15) is 58.3 Å². The van der Waals surface area contributed by atoms with Crippen LogP contribution in [-0.4, -0.2) is 26.2 Å². The van der Waals surface area contributed by atoms with Gasteiger partial charge in [0.2, 0.25) is 0 Å². The van der Waals surface area contributed by atoms with Gasteiger partial charge in [-0.15, -0.1) is 0 Å². The fraction of sp³-hybridized carbons (Fsp3) is 1.00. The third kappa shape index (κ3) is 14.9. The van der Waals surface area contributed by atoms with Crippen molar-refractivity contribution in [1.29, 1.82) is 0 Å². The monoisotopic (exact) mass is 296 g/mol. The third-order valence-corrected chi connectivity index (χ3v) is 5.66. The molecule has 0 aromatic heterocycles. The SMILES string of the molecule is CCCCCCCCCCP(C)(C)(C)Br. The summed E-state index contributed by atoms with van der Waals surface area (Å²) < 4.78 is 0. The van der Waals surface area contributed by atoms with Gasteiger partial charge in [-0.05, 0) is 0 Å². The van der Waals surface area contributed by atoms with Gasteiger partial charge in [-0.25, -0.2) is 0 Å². The zero-order valence-electron chi connectivity index (χ0n) is 11.2. The molecule has 94 valence electrons. The molecule has 15 heavy (non-hydrogen) atoms. The van der Waals surface area contributed by atoms with Crippen LogP contribution < -0.4 is 0 Å². The van der Waals surface area contributed by atoms with Crippen molar-refractivity contribution in [2.45, 2.75) is 58.3 Å². The molecule has 0 N–H and O–H groups in total. The normalized spacial score (nSPS) is 14.9. The molecule has 0 fully saturated rings. The molecule has 0 unspecified atom stereocenters. The molecule has 0 saturated heterocycles. The topological polar surface area (TPSA) is 0 Å². The molecule has 0 amide bonds. The predicted octanol–water partition coefficient (Wildman–Crippen LogP) is 5.88. The molecule has 0 aliphatic heterocycles. The molecular weight excluding hydrogens is 267 g/mol. The van der Waals surface area contributed by atoms with Gasteiger partial charge in [-0.2, -0.15) is 0 Å². The molecule has 0 bridgehead atoms. The number of rotatable bonds is 9. The van der Waals surface area contributed by atoms with Gasteiger partial charge < -0.3 is 0 Å². The number of halogens is 1. The summed E-state index contributed by atoms with van der Waals surface area (Å²) >= 11 is 3.92. The zero-order chi connectivity index (χ0) is 11.8. The van der Waals surface area contributed by atoms with Gasteiger partial charge in [0.1, 0.15) is 0 Å². The second-order valence-corrected chi connectivity index (χ2v) is 20.3. The molecule has 0 saturated carbocycles. The van der Waals surface area contributed by atoms with Crippen LogP contribution in [0.5, 0.6) is 0 Å². The van der Waals surface area contributed by atoms with E-state index in [9.17, 15) is 0 Å². The number of hydrogen-bond acceptors (Lipinski definition) is 0. The summed E-state index contributed by atoms with van der Waals surface area (Å²) in [6.45, 7) is 9.51. The first kappa shape index (κ1) is 15.9. The summed E-state index contributed by atoms with van der Waals surface area (Å²) in [5.74, 6) is 0. The van der Waals surface area contributed by atoms with Crippen molar-refractivity contribution in [3.63, 3.8) is 0 Å². The van der Waals surface area contributed by atoms with Crippen molar-refractivity contribution in [1.82, 2.24) is 0 Å². The number of unbranched alkanes of at least 4 members (excludes halogenated alkanes) is 7. The van der Waals surface area contributed by atoms with Crippen molar-refractivity contribution in [3.05, 3.63) is 0 Å². The van der Waals surface area contributed by atoms with E-state index in [-0.39, 0.29) is 0 Å². The molecule has 0 aliphatic rings. The first-order valence-electron chi connectivity index (χ1n) is 6.53. The van der Waals surface area contributed by atoms with Gasteiger partial charge in [0.05, 0.1) is 0 Å². The maximum absolute atomic E-state index is 3.92. The summed E-state index contributed by atoms with van der Waals surface area (Å²) in [5, 5.41) is -1.38. The zero-order valence-corrected chi connectivity index (χ0v) is 13.7. The Hall–Kier alpha value is 0.910. The molecule has 0 heterocycles. The molecule has 0 rings (SSSR count). The Morgan fingerprint density at radius 1 is 0.733 bits per heavy atom. The van der Waals surface area contributed by atoms with Crippen LogP contribution in [0, 0.1) is 0 Å². The Morgan fingerprint density at radius 2 is 1.13 bits per heavy atom. The standard InChI is InChI=1S/C13H30BrP/c1-5-6-7-8-9-10-11-12-13-15(2,3,4)14/h5-13H2,1-4H3. The van der Waals surface area contributed by atoms with Crippen molar-refractivity contribution in [2.75, 3.05) is 26.2 Å². The molecule has 0 aromatic carbocycles. The van der Waals surface area contributed by atoms with Crippen LogP contribution in [0.25, 0.3) is 0 Å². The van der Waals surface area contributed by atoms with E-state index in [1.165, 1.54) is 57.5 Å². The van der Waals surface area contributed by atoms with Crippen LogP contribution in [-0.2, 0) is 0 Å². The third-order valence-electron chi connectivity index (χ3n) is 2.77. The molecule has 0 spiro atoms. The van der Waals surface area contributed by atoms with Crippen LogP contribution in [0.15, 0.2) is 0 Å². The van der Waals surface area contributed by atoms with Crippen LogP contribution in [0.4, 0.5) is 0 Å². The van der Waals surface area contributed by atoms with Crippen molar-refractivity contribution < 1.29 is 0 Å². The number of hydrogen-bond donors (Lipinski definition) is 0. The van der Waals surface area contributed by atoms with E-state index < -0.39 is 5.31 Å². The average Bonchev–Trinajstić information content (AvgIpc) is 2.07. The molecule has 2 heteroatoms. The van der Waals surface area contributed by atoms with E-state index in [4.69, 9.17) is 0 Å². The van der Waals surface area contributed by atoms with Crippen molar-refractivity contribution >= 4 is 20.8 Å². The van der Waals surface area contributed by atoms with Gasteiger partial charge in [-0.1, -0.05) is 0 Å². The van der Waals surface area contributed by atoms with E-state index in [2.05, 4.69) is 42.4 Å². The fourth-order valence-corrected chi connectivity index (χ4v) is 3.82. The van der Waals surface area contributed by atoms with Crippen LogP contribution in [0.3, 0.4) is 0 Å². The molecule has 0 aromatic rings. The van der Waals surface area contributed by atoms with Gasteiger partial charge in [0, 0.05) is 0 Å². The minimum atomic E-state index is -1.38. The second kappa shape index (κ2) is 7.28. The Balaban J connectivity index is 3.19. The Bertz CT molecular complexity index is 148. The van der Waals surface area contributed by atoms with Crippen molar-refractivity contribution in [3.8, 4) is 0 Å². The molecular formula is C13H30BrP. The van der Waals surface area contributed by atoms with Gasteiger partial charge in [0.15, 0.2) is 0 Å². The quantitative estimate of drug-likeness (QED) is 0.368. The first-order valence-corrected chi connectivity index (χ1v) is 12.3. The van der Waals surface area contributed by atoms with Gasteiger partial charge in [-0.3, -0.25) is 0 Å². The van der Waals surface area contributed by atoms with Crippen LogP contribution in [0.2, 0.25) is 0 Å². The first-order chi connectivity index (χ1) is 6.81. The van der Waals surface area contributed by atoms with E-state index >= 15 is 0 Å². The van der Waals surface area contributed by atoms with Crippen molar-refractivity contribution in [2.24, 2.45) is 0 Å². The summed E-state index contributed by atoms with van der Waals surface area (Å²) in [7, 11) is 0. The fourth-order valence-electron chi connectivity index (χ4n) is 1.78. The summed E-state index contributed by atoms with van der Waals surface area (Å²) in [6.07, 6.45) is 12.8. The summed E-state index contributed by atoms with van der Waals surface area (Å²) in [6, 6.07) is 0. The molecule has 0 aliphatic carbocycles. The maximum atomic E-state index is 3.92. The van der Waals surface area contributed by atoms with E-state index in [0.29, 0.717) is 0 Å². The summed E-state index contributed by atoms with van der Waals surface area (Å²) in [4.78, 5) is 0. The Morgan fingerprint density at radius 3 is 1.53 bits per heavy atom. The van der Waals surface area contributed by atoms with E-state index in [1.807, 2.05) is 0 Å². The average molecular weight is 297 g/mol. The predicted molar refractivity (Wildman–Crippen MR) is 81.1 cm³/mol. The molecule has 0 radical (unpaired) electrons.